The average Bonchev–Trinajstić information content (AvgIpc) is 2.85. The van der Waals surface area contributed by atoms with Crippen molar-refractivity contribution in [3.05, 3.63) is 22.4 Å². The summed E-state index contributed by atoms with van der Waals surface area (Å²) in [5.41, 5.74) is 7.63. The van der Waals surface area contributed by atoms with Crippen LogP contribution in [0.3, 0.4) is 0 Å². The quantitative estimate of drug-likeness (QED) is 0.732. The fraction of sp³-hybridized carbons (Fsp3) is 0.733. The third-order valence-electron chi connectivity index (χ3n) is 3.37. The second-order valence-corrected chi connectivity index (χ2v) is 5.88. The van der Waals surface area contributed by atoms with Crippen LogP contribution in [0.25, 0.3) is 0 Å². The van der Waals surface area contributed by atoms with Gasteiger partial charge in [0.05, 0.1) is 6.04 Å². The highest BCUT2D eigenvalue weighted by Gasteiger charge is 2.23. The lowest BCUT2D eigenvalue weighted by Gasteiger charge is -2.34. The number of hydrogen-bond acceptors (Lipinski definition) is 3. The smallest absolute Gasteiger partial charge is 0.0504 e. The molecule has 0 aliphatic rings. The van der Waals surface area contributed by atoms with Gasteiger partial charge >= 0.3 is 0 Å². The maximum Gasteiger partial charge on any atom is 0.0504 e. The summed E-state index contributed by atoms with van der Waals surface area (Å²) >= 11 is 1.77. The zero-order chi connectivity index (χ0) is 13.4. The summed E-state index contributed by atoms with van der Waals surface area (Å²) in [6.07, 6.45) is 5.02. The van der Waals surface area contributed by atoms with Gasteiger partial charge in [-0.05, 0) is 55.2 Å². The van der Waals surface area contributed by atoms with Crippen LogP contribution in [0.2, 0.25) is 0 Å². The first kappa shape index (κ1) is 15.7. The van der Waals surface area contributed by atoms with E-state index in [1.165, 1.54) is 44.3 Å². The first-order valence-electron chi connectivity index (χ1n) is 7.22. The van der Waals surface area contributed by atoms with E-state index in [4.69, 9.17) is 5.73 Å². The largest absolute Gasteiger partial charge is 0.326 e. The number of hydrogen-bond donors (Lipinski definition) is 1. The van der Waals surface area contributed by atoms with Crippen LogP contribution < -0.4 is 5.73 Å². The van der Waals surface area contributed by atoms with Crippen molar-refractivity contribution in [3.8, 4) is 0 Å². The summed E-state index contributed by atoms with van der Waals surface area (Å²) in [5.74, 6) is 0. The van der Waals surface area contributed by atoms with Gasteiger partial charge in [-0.3, -0.25) is 4.90 Å². The van der Waals surface area contributed by atoms with Gasteiger partial charge in [0, 0.05) is 6.04 Å². The second-order valence-electron chi connectivity index (χ2n) is 5.10. The highest BCUT2D eigenvalue weighted by molar-refractivity contribution is 7.07. The molecule has 1 rings (SSSR count). The van der Waals surface area contributed by atoms with Gasteiger partial charge in [-0.2, -0.15) is 11.3 Å². The summed E-state index contributed by atoms with van der Waals surface area (Å²) in [6.45, 7) is 8.97. The van der Waals surface area contributed by atoms with Crippen molar-refractivity contribution >= 4 is 11.3 Å². The van der Waals surface area contributed by atoms with Crippen molar-refractivity contribution in [2.75, 3.05) is 13.1 Å². The second kappa shape index (κ2) is 8.68. The van der Waals surface area contributed by atoms with E-state index in [0.717, 1.165) is 0 Å². The Labute approximate surface area is 116 Å². The minimum Gasteiger partial charge on any atom is -0.326 e. The van der Waals surface area contributed by atoms with Gasteiger partial charge in [0.1, 0.15) is 0 Å². The minimum atomic E-state index is 0.188. The lowest BCUT2D eigenvalue weighted by molar-refractivity contribution is 0.171. The summed E-state index contributed by atoms with van der Waals surface area (Å²) in [4.78, 5) is 2.58. The molecule has 0 saturated carbocycles. The fourth-order valence-corrected chi connectivity index (χ4v) is 3.09. The van der Waals surface area contributed by atoms with Crippen LogP contribution >= 0.6 is 11.3 Å². The van der Waals surface area contributed by atoms with Crippen LogP contribution in [0.15, 0.2) is 16.8 Å². The molecule has 0 aromatic carbocycles. The molecule has 104 valence electrons. The summed E-state index contributed by atoms with van der Waals surface area (Å²) in [6, 6.07) is 2.80. The number of nitrogens with two attached hydrogens (primary N) is 1. The normalized spacial score (nSPS) is 14.9. The molecule has 3 heteroatoms. The Bertz CT molecular complexity index is 287. The van der Waals surface area contributed by atoms with Gasteiger partial charge in [-0.1, -0.05) is 26.7 Å². The molecule has 2 N–H and O–H groups in total. The summed E-state index contributed by atoms with van der Waals surface area (Å²) < 4.78 is 0. The van der Waals surface area contributed by atoms with Crippen LogP contribution in [-0.4, -0.2) is 24.0 Å². The topological polar surface area (TPSA) is 29.3 Å². The highest BCUT2D eigenvalue weighted by Crippen LogP contribution is 2.26. The van der Waals surface area contributed by atoms with E-state index in [9.17, 15) is 0 Å². The molecule has 0 aliphatic heterocycles. The Kier molecular flexibility index (Phi) is 7.56. The third kappa shape index (κ3) is 4.71. The molecule has 1 aromatic rings. The summed E-state index contributed by atoms with van der Waals surface area (Å²) in [7, 11) is 0. The molecular formula is C15H28N2S. The molecule has 0 bridgehead atoms. The third-order valence-corrected chi connectivity index (χ3v) is 4.08. The summed E-state index contributed by atoms with van der Waals surface area (Å²) in [5, 5.41) is 4.40. The van der Waals surface area contributed by atoms with E-state index in [-0.39, 0.29) is 6.04 Å². The van der Waals surface area contributed by atoms with Gasteiger partial charge in [0.15, 0.2) is 0 Å². The average molecular weight is 268 g/mol. The van der Waals surface area contributed by atoms with Crippen molar-refractivity contribution in [2.24, 2.45) is 5.73 Å². The van der Waals surface area contributed by atoms with E-state index < -0.39 is 0 Å². The SMILES string of the molecule is CCCCN(CCCC)C(c1ccsc1)C(C)N. The molecule has 2 atom stereocenters. The molecule has 1 aromatic heterocycles. The molecule has 0 saturated heterocycles. The first-order chi connectivity index (χ1) is 8.70. The van der Waals surface area contributed by atoms with Crippen molar-refractivity contribution < 1.29 is 0 Å². The van der Waals surface area contributed by atoms with E-state index >= 15 is 0 Å². The molecule has 0 amide bonds. The predicted octanol–water partition coefficient (Wildman–Crippen LogP) is 4.04. The lowest BCUT2D eigenvalue weighted by atomic mass is 10.0. The Hall–Kier alpha value is -0.380. The van der Waals surface area contributed by atoms with Gasteiger partial charge in [0.2, 0.25) is 0 Å². The highest BCUT2D eigenvalue weighted by atomic mass is 32.1. The molecule has 0 spiro atoms. The Morgan fingerprint density at radius 1 is 1.22 bits per heavy atom. The number of unbranched alkanes of at least 4 members (excludes halogenated alkanes) is 2. The Morgan fingerprint density at radius 3 is 2.22 bits per heavy atom. The standard InChI is InChI=1S/C15H28N2S/c1-4-6-9-17(10-7-5-2)15(13(3)16)14-8-11-18-12-14/h8,11-13,15H,4-7,9-10,16H2,1-3H3. The van der Waals surface area contributed by atoms with Crippen LogP contribution in [0.5, 0.6) is 0 Å². The lowest BCUT2D eigenvalue weighted by Crippen LogP contribution is -2.40. The van der Waals surface area contributed by atoms with Crippen LogP contribution in [0.1, 0.15) is 58.1 Å². The molecule has 0 radical (unpaired) electrons. The van der Waals surface area contributed by atoms with E-state index in [0.29, 0.717) is 6.04 Å². The van der Waals surface area contributed by atoms with Gasteiger partial charge in [0.25, 0.3) is 0 Å². The Morgan fingerprint density at radius 2 is 1.83 bits per heavy atom. The van der Waals surface area contributed by atoms with E-state index in [2.05, 4.69) is 42.5 Å². The number of thiophene rings is 1. The van der Waals surface area contributed by atoms with Crippen LogP contribution in [0.4, 0.5) is 0 Å². The van der Waals surface area contributed by atoms with Crippen molar-refractivity contribution in [1.82, 2.24) is 4.90 Å². The molecule has 18 heavy (non-hydrogen) atoms. The maximum absolute atomic E-state index is 6.24. The van der Waals surface area contributed by atoms with Crippen molar-refractivity contribution in [2.45, 2.75) is 58.5 Å². The van der Waals surface area contributed by atoms with Crippen molar-refractivity contribution in [1.29, 1.82) is 0 Å². The molecule has 0 fully saturated rings. The van der Waals surface area contributed by atoms with Gasteiger partial charge in [-0.25, -0.2) is 0 Å². The molecular weight excluding hydrogens is 240 g/mol. The molecule has 2 unspecified atom stereocenters. The molecule has 1 heterocycles. The zero-order valence-corrected chi connectivity index (χ0v) is 12.9. The fourth-order valence-electron chi connectivity index (χ4n) is 2.40. The van der Waals surface area contributed by atoms with E-state index in [1.54, 1.807) is 11.3 Å². The minimum absolute atomic E-state index is 0.188. The van der Waals surface area contributed by atoms with Gasteiger partial charge in [-0.15, -0.1) is 0 Å². The Balaban J connectivity index is 2.76. The number of rotatable bonds is 9. The zero-order valence-electron chi connectivity index (χ0n) is 12.1. The van der Waals surface area contributed by atoms with Gasteiger partial charge < -0.3 is 5.73 Å². The first-order valence-corrected chi connectivity index (χ1v) is 8.16. The molecule has 2 nitrogen and oxygen atoms in total. The van der Waals surface area contributed by atoms with Crippen LogP contribution in [0, 0.1) is 0 Å². The number of nitrogens with zero attached hydrogens (tertiary/aromatic N) is 1. The monoisotopic (exact) mass is 268 g/mol. The van der Waals surface area contributed by atoms with Crippen LogP contribution in [-0.2, 0) is 0 Å². The maximum atomic E-state index is 6.24. The van der Waals surface area contributed by atoms with E-state index in [1.807, 2.05) is 0 Å². The van der Waals surface area contributed by atoms with Crippen molar-refractivity contribution in [3.63, 3.8) is 0 Å². The molecule has 0 aliphatic carbocycles. The predicted molar refractivity (Wildman–Crippen MR) is 82.1 cm³/mol.